The Bertz CT molecular complexity index is 1540. The first-order chi connectivity index (χ1) is 15.7. The van der Waals surface area contributed by atoms with Crippen molar-refractivity contribution in [2.24, 2.45) is 12.0 Å². The predicted octanol–water partition coefficient (Wildman–Crippen LogP) is 5.10. The van der Waals surface area contributed by atoms with E-state index in [4.69, 9.17) is 27.9 Å². The van der Waals surface area contributed by atoms with Crippen molar-refractivity contribution in [3.8, 4) is 5.75 Å². The molecular weight excluding hydrogens is 505 g/mol. The molecule has 33 heavy (non-hydrogen) atoms. The minimum atomic E-state index is -3.85. The number of rotatable bonds is 5. The number of aromatic nitrogens is 1. The molecule has 0 bridgehead atoms. The van der Waals surface area contributed by atoms with Gasteiger partial charge in [0.2, 0.25) is 0 Å². The van der Waals surface area contributed by atoms with E-state index in [1.807, 2.05) is 0 Å². The Morgan fingerprint density at radius 2 is 1.76 bits per heavy atom. The number of anilines is 1. The maximum atomic E-state index is 12.8. The second kappa shape index (κ2) is 9.18. The number of methoxy groups -OCH3 is 1. The van der Waals surface area contributed by atoms with Gasteiger partial charge in [0.1, 0.15) is 5.75 Å². The third-order valence-electron chi connectivity index (χ3n) is 4.78. The Morgan fingerprint density at radius 3 is 2.42 bits per heavy atom. The summed E-state index contributed by atoms with van der Waals surface area (Å²) in [7, 11) is -0.612. The number of nitrogens with one attached hydrogen (secondary N) is 1. The molecule has 11 heteroatoms. The van der Waals surface area contributed by atoms with Crippen molar-refractivity contribution in [2.75, 3.05) is 11.8 Å². The second-order valence-corrected chi connectivity index (χ2v) is 10.4. The average Bonchev–Trinajstić information content (AvgIpc) is 3.13. The molecule has 0 unspecified atom stereocenters. The Morgan fingerprint density at radius 1 is 1.06 bits per heavy atom. The molecule has 0 saturated carbocycles. The SMILES string of the molecule is COc1ccc(S(=O)(=O)Nc2cccc(C(=O)N=c3sc4c(Cl)ccc(Cl)c4n3C)c2)cc1. The van der Waals surface area contributed by atoms with Crippen LogP contribution in [0.4, 0.5) is 5.69 Å². The van der Waals surface area contributed by atoms with E-state index in [1.165, 1.54) is 36.6 Å². The molecular formula is C22H17Cl2N3O4S2. The van der Waals surface area contributed by atoms with Crippen LogP contribution in [-0.2, 0) is 17.1 Å². The topological polar surface area (TPSA) is 89.8 Å². The molecule has 0 fully saturated rings. The Kier molecular flexibility index (Phi) is 6.49. The van der Waals surface area contributed by atoms with Gasteiger partial charge < -0.3 is 9.30 Å². The fourth-order valence-corrected chi connectivity index (χ4v) is 5.83. The standard InChI is InChI=1S/C22H17Cl2N3O4S2/c1-27-19-17(23)10-11-18(24)20(19)32-22(27)25-21(28)13-4-3-5-14(12-13)26-33(29,30)16-8-6-15(31-2)7-9-16/h3-12,26H,1-2H3. The number of hydrogen-bond acceptors (Lipinski definition) is 5. The molecule has 0 spiro atoms. The van der Waals surface area contributed by atoms with Crippen LogP contribution < -0.4 is 14.3 Å². The van der Waals surface area contributed by atoms with Gasteiger partial charge in [0.05, 0.1) is 32.3 Å². The zero-order valence-corrected chi connectivity index (χ0v) is 20.5. The van der Waals surface area contributed by atoms with E-state index in [2.05, 4.69) is 9.71 Å². The van der Waals surface area contributed by atoms with Crippen LogP contribution in [0, 0.1) is 0 Å². The monoisotopic (exact) mass is 521 g/mol. The summed E-state index contributed by atoms with van der Waals surface area (Å²) in [6, 6.07) is 15.5. The summed E-state index contributed by atoms with van der Waals surface area (Å²) in [6.07, 6.45) is 0. The van der Waals surface area contributed by atoms with Crippen molar-refractivity contribution in [1.29, 1.82) is 0 Å². The smallest absolute Gasteiger partial charge is 0.279 e. The molecule has 1 N–H and O–H groups in total. The van der Waals surface area contributed by atoms with Crippen LogP contribution in [-0.4, -0.2) is 26.0 Å². The van der Waals surface area contributed by atoms with Gasteiger partial charge in [-0.25, -0.2) is 8.42 Å². The zero-order valence-electron chi connectivity index (χ0n) is 17.4. The number of thiazole rings is 1. The predicted molar refractivity (Wildman–Crippen MR) is 131 cm³/mol. The molecule has 0 aliphatic heterocycles. The van der Waals surface area contributed by atoms with Gasteiger partial charge in [-0.05, 0) is 54.6 Å². The van der Waals surface area contributed by atoms with Gasteiger partial charge in [0.15, 0.2) is 4.80 Å². The van der Waals surface area contributed by atoms with Gasteiger partial charge in [-0.1, -0.05) is 40.6 Å². The number of fused-ring (bicyclic) bond motifs is 1. The molecule has 0 aliphatic rings. The van der Waals surface area contributed by atoms with Crippen LogP contribution in [0.1, 0.15) is 10.4 Å². The van der Waals surface area contributed by atoms with Crippen molar-refractivity contribution >= 4 is 66.4 Å². The van der Waals surface area contributed by atoms with Gasteiger partial charge in [-0.15, -0.1) is 0 Å². The highest BCUT2D eigenvalue weighted by atomic mass is 35.5. The molecule has 0 atom stereocenters. The number of aryl methyl sites for hydroxylation is 1. The van der Waals surface area contributed by atoms with Crippen LogP contribution in [0.3, 0.4) is 0 Å². The van der Waals surface area contributed by atoms with Gasteiger partial charge in [0, 0.05) is 18.3 Å². The van der Waals surface area contributed by atoms with Crippen LogP contribution in [0.5, 0.6) is 5.75 Å². The molecule has 0 saturated heterocycles. The van der Waals surface area contributed by atoms with Gasteiger partial charge in [-0.3, -0.25) is 9.52 Å². The summed E-state index contributed by atoms with van der Waals surface area (Å²) in [6.45, 7) is 0. The van der Waals surface area contributed by atoms with E-state index >= 15 is 0 Å². The molecule has 1 amide bonds. The summed E-state index contributed by atoms with van der Waals surface area (Å²) >= 11 is 13.8. The lowest BCUT2D eigenvalue weighted by Crippen LogP contribution is -2.14. The molecule has 0 aliphatic carbocycles. The number of carbonyl (C=O) groups excluding carboxylic acids is 1. The zero-order chi connectivity index (χ0) is 23.8. The number of amides is 1. The molecule has 7 nitrogen and oxygen atoms in total. The fourth-order valence-electron chi connectivity index (χ4n) is 3.12. The van der Waals surface area contributed by atoms with Crippen molar-refractivity contribution in [2.45, 2.75) is 4.90 Å². The van der Waals surface area contributed by atoms with E-state index in [0.29, 0.717) is 26.1 Å². The highest BCUT2D eigenvalue weighted by molar-refractivity contribution is 7.92. The lowest BCUT2D eigenvalue weighted by molar-refractivity contribution is 0.0998. The Labute approximate surface area is 203 Å². The minimum Gasteiger partial charge on any atom is -0.497 e. The third kappa shape index (κ3) is 4.77. The Hall–Kier alpha value is -2.85. The molecule has 1 heterocycles. The number of benzene rings is 3. The van der Waals surface area contributed by atoms with Gasteiger partial charge in [-0.2, -0.15) is 4.99 Å². The largest absolute Gasteiger partial charge is 0.497 e. The van der Waals surface area contributed by atoms with E-state index in [-0.39, 0.29) is 16.1 Å². The molecule has 170 valence electrons. The Balaban J connectivity index is 1.65. The molecule has 0 radical (unpaired) electrons. The van der Waals surface area contributed by atoms with Crippen molar-refractivity contribution < 1.29 is 17.9 Å². The average molecular weight is 522 g/mol. The summed E-state index contributed by atoms with van der Waals surface area (Å²) in [5.74, 6) is 0.00929. The maximum Gasteiger partial charge on any atom is 0.279 e. The van der Waals surface area contributed by atoms with Crippen molar-refractivity contribution in [3.63, 3.8) is 0 Å². The highest BCUT2D eigenvalue weighted by Crippen LogP contribution is 2.31. The molecule has 1 aromatic heterocycles. The van der Waals surface area contributed by atoms with Crippen LogP contribution >= 0.6 is 34.5 Å². The maximum absolute atomic E-state index is 12.8. The highest BCUT2D eigenvalue weighted by Gasteiger charge is 2.16. The molecule has 4 rings (SSSR count). The lowest BCUT2D eigenvalue weighted by atomic mass is 10.2. The number of carbonyl (C=O) groups is 1. The van der Waals surface area contributed by atoms with E-state index < -0.39 is 15.9 Å². The van der Waals surface area contributed by atoms with E-state index in [0.717, 1.165) is 4.70 Å². The quantitative estimate of drug-likeness (QED) is 0.395. The first kappa shape index (κ1) is 23.3. The first-order valence-corrected chi connectivity index (χ1v) is 12.5. The van der Waals surface area contributed by atoms with Crippen LogP contribution in [0.15, 0.2) is 70.6 Å². The number of sulfonamides is 1. The first-order valence-electron chi connectivity index (χ1n) is 9.49. The van der Waals surface area contributed by atoms with Crippen molar-refractivity contribution in [3.05, 3.63) is 81.1 Å². The van der Waals surface area contributed by atoms with Crippen molar-refractivity contribution in [1.82, 2.24) is 4.57 Å². The van der Waals surface area contributed by atoms with Crippen LogP contribution in [0.25, 0.3) is 10.2 Å². The van der Waals surface area contributed by atoms with Gasteiger partial charge in [0.25, 0.3) is 15.9 Å². The number of ether oxygens (including phenoxy) is 1. The minimum absolute atomic E-state index is 0.0655. The van der Waals surface area contributed by atoms with Gasteiger partial charge >= 0.3 is 0 Å². The fraction of sp³-hybridized carbons (Fsp3) is 0.0909. The number of halogens is 2. The summed E-state index contributed by atoms with van der Waals surface area (Å²) < 4.78 is 35.3. The molecule has 3 aromatic carbocycles. The van der Waals surface area contributed by atoms with Crippen LogP contribution in [0.2, 0.25) is 10.0 Å². The third-order valence-corrected chi connectivity index (χ3v) is 8.07. The summed E-state index contributed by atoms with van der Waals surface area (Å²) in [5.41, 5.74) is 1.14. The normalized spacial score (nSPS) is 12.2. The molecule has 4 aromatic rings. The van der Waals surface area contributed by atoms with E-state index in [9.17, 15) is 13.2 Å². The lowest BCUT2D eigenvalue weighted by Gasteiger charge is -2.09. The summed E-state index contributed by atoms with van der Waals surface area (Å²) in [5, 5.41) is 1.01. The second-order valence-electron chi connectivity index (χ2n) is 6.93. The number of hydrogen-bond donors (Lipinski definition) is 1. The van der Waals surface area contributed by atoms with E-state index in [1.54, 1.807) is 54.1 Å². The number of nitrogens with zero attached hydrogens (tertiary/aromatic N) is 2. The summed E-state index contributed by atoms with van der Waals surface area (Å²) in [4.78, 5) is 17.5.